The van der Waals surface area contributed by atoms with E-state index in [-0.39, 0.29) is 5.97 Å². The van der Waals surface area contributed by atoms with Crippen LogP contribution in [0.25, 0.3) is 11.1 Å². The van der Waals surface area contributed by atoms with E-state index >= 15 is 0 Å². The monoisotopic (exact) mass is 514 g/mol. The topological polar surface area (TPSA) is 78.9 Å². The van der Waals surface area contributed by atoms with Gasteiger partial charge in [-0.05, 0) is 73.9 Å². The first-order valence-electron chi connectivity index (χ1n) is 11.2. The van der Waals surface area contributed by atoms with Gasteiger partial charge in [0.05, 0.1) is 19.5 Å². The van der Waals surface area contributed by atoms with E-state index in [1.807, 2.05) is 62.4 Å². The number of carbonyl (C=O) groups is 1. The summed E-state index contributed by atoms with van der Waals surface area (Å²) in [5.41, 5.74) is 3.14. The smallest absolute Gasteiger partial charge is 0.321 e. The summed E-state index contributed by atoms with van der Waals surface area (Å²) in [6.07, 6.45) is 1.78. The number of rotatable bonds is 11. The van der Waals surface area contributed by atoms with Crippen LogP contribution in [0.2, 0.25) is 0 Å². The molecule has 0 bridgehead atoms. The Balaban J connectivity index is 1.50. The molecule has 0 fully saturated rings. The van der Waals surface area contributed by atoms with E-state index in [2.05, 4.69) is 12.1 Å². The van der Waals surface area contributed by atoms with Gasteiger partial charge < -0.3 is 13.7 Å². The predicted octanol–water partition coefficient (Wildman–Crippen LogP) is 5.75. The molecule has 8 heteroatoms. The molecule has 3 rings (SSSR count). The van der Waals surface area contributed by atoms with E-state index in [9.17, 15) is 13.2 Å². The van der Waals surface area contributed by atoms with Crippen molar-refractivity contribution in [2.24, 2.45) is 0 Å². The molecule has 0 N–H and O–H groups in total. The van der Waals surface area contributed by atoms with Gasteiger partial charge in [-0.2, -0.15) is 8.42 Å². The number of hydrogen-bond donors (Lipinski definition) is 0. The molecule has 6 nitrogen and oxygen atoms in total. The van der Waals surface area contributed by atoms with Gasteiger partial charge in [-0.3, -0.25) is 4.79 Å². The van der Waals surface area contributed by atoms with Crippen molar-refractivity contribution in [3.63, 3.8) is 0 Å². The fourth-order valence-corrected chi connectivity index (χ4v) is 4.74. The summed E-state index contributed by atoms with van der Waals surface area (Å²) in [6, 6.07) is 22.8. The van der Waals surface area contributed by atoms with E-state index in [4.69, 9.17) is 13.7 Å². The maximum Gasteiger partial charge on any atom is 0.321 e. The highest BCUT2D eigenvalue weighted by Gasteiger charge is 2.30. The van der Waals surface area contributed by atoms with Crippen molar-refractivity contribution in [1.29, 1.82) is 0 Å². The van der Waals surface area contributed by atoms with E-state index in [1.54, 1.807) is 19.1 Å². The lowest BCUT2D eigenvalue weighted by atomic mass is 10.0. The molecule has 3 aromatic carbocycles. The molecule has 0 radical (unpaired) electrons. The lowest BCUT2D eigenvalue weighted by Gasteiger charge is -2.21. The summed E-state index contributed by atoms with van der Waals surface area (Å²) in [6.45, 7) is 6.42. The van der Waals surface area contributed by atoms with Crippen LogP contribution in [-0.4, -0.2) is 38.6 Å². The van der Waals surface area contributed by atoms with E-state index < -0.39 is 14.9 Å². The van der Waals surface area contributed by atoms with Crippen molar-refractivity contribution in [2.75, 3.05) is 19.5 Å². The fraction of sp³-hybridized carbons (Fsp3) is 0.296. The lowest BCUT2D eigenvalue weighted by molar-refractivity contribution is -0.145. The number of thioether (sulfide) groups is 1. The van der Waals surface area contributed by atoms with Gasteiger partial charge in [0.2, 0.25) is 0 Å². The largest absolute Gasteiger partial charge is 0.493 e. The number of benzene rings is 3. The Labute approximate surface area is 211 Å². The van der Waals surface area contributed by atoms with Gasteiger partial charge in [-0.15, -0.1) is 11.8 Å². The first-order chi connectivity index (χ1) is 16.6. The standard InChI is InChI=1S/C27H30O6S2/c1-5-31-26(28)27(2,3)34-25-16-14-23(15-17-25)32-19-18-20-6-8-21(9-7-20)22-10-12-24(13-11-22)33-35(4,29)30/h6-17H,5,18-19H2,1-4H3. The maximum absolute atomic E-state index is 12.1. The highest BCUT2D eigenvalue weighted by Crippen LogP contribution is 2.34. The van der Waals surface area contributed by atoms with Gasteiger partial charge in [0.1, 0.15) is 16.2 Å². The van der Waals surface area contributed by atoms with Crippen LogP contribution in [0, 0.1) is 0 Å². The second kappa shape index (κ2) is 11.6. The zero-order valence-electron chi connectivity index (χ0n) is 20.3. The summed E-state index contributed by atoms with van der Waals surface area (Å²) in [4.78, 5) is 13.1. The molecule has 0 heterocycles. The Hall–Kier alpha value is -2.97. The van der Waals surface area contributed by atoms with Crippen LogP contribution in [0.5, 0.6) is 11.5 Å². The van der Waals surface area contributed by atoms with Gasteiger partial charge in [0.15, 0.2) is 0 Å². The summed E-state index contributed by atoms with van der Waals surface area (Å²) in [5.74, 6) is 0.838. The Kier molecular flexibility index (Phi) is 8.86. The Bertz CT molecular complexity index is 1220. The first-order valence-corrected chi connectivity index (χ1v) is 13.9. The molecule has 0 spiro atoms. The zero-order valence-corrected chi connectivity index (χ0v) is 21.9. The minimum atomic E-state index is -3.53. The average molecular weight is 515 g/mol. The molecule has 0 saturated carbocycles. The molecule has 0 aliphatic heterocycles. The molecular formula is C27H30O6S2. The summed E-state index contributed by atoms with van der Waals surface area (Å²) in [5, 5.41) is 0. The number of hydrogen-bond acceptors (Lipinski definition) is 7. The van der Waals surface area contributed by atoms with Crippen molar-refractivity contribution in [2.45, 2.75) is 36.8 Å². The van der Waals surface area contributed by atoms with E-state index in [0.717, 1.165) is 40.0 Å². The molecule has 0 saturated heterocycles. The predicted molar refractivity (Wildman–Crippen MR) is 140 cm³/mol. The molecule has 0 aromatic heterocycles. The fourth-order valence-electron chi connectivity index (χ4n) is 3.27. The first kappa shape index (κ1) is 26.6. The zero-order chi connectivity index (χ0) is 25.5. The van der Waals surface area contributed by atoms with Crippen LogP contribution >= 0.6 is 11.8 Å². The Morgan fingerprint density at radius 3 is 1.94 bits per heavy atom. The Morgan fingerprint density at radius 1 is 0.857 bits per heavy atom. The minimum Gasteiger partial charge on any atom is -0.493 e. The van der Waals surface area contributed by atoms with E-state index in [1.165, 1.54) is 11.8 Å². The Morgan fingerprint density at radius 2 is 1.40 bits per heavy atom. The second-order valence-electron chi connectivity index (χ2n) is 8.41. The van der Waals surface area contributed by atoms with Crippen molar-refractivity contribution >= 4 is 27.8 Å². The quantitative estimate of drug-likeness (QED) is 0.183. The second-order valence-corrected chi connectivity index (χ2v) is 11.7. The number of esters is 1. The molecule has 0 aliphatic rings. The molecule has 3 aromatic rings. The summed E-state index contributed by atoms with van der Waals surface area (Å²) >= 11 is 1.46. The highest BCUT2D eigenvalue weighted by atomic mass is 32.2. The minimum absolute atomic E-state index is 0.227. The molecule has 0 amide bonds. The van der Waals surface area contributed by atoms with Crippen molar-refractivity contribution in [1.82, 2.24) is 0 Å². The van der Waals surface area contributed by atoms with Crippen molar-refractivity contribution in [3.05, 3.63) is 78.4 Å². The van der Waals surface area contributed by atoms with Crippen LogP contribution in [0.3, 0.4) is 0 Å². The third-order valence-corrected chi connectivity index (χ3v) is 6.69. The summed E-state index contributed by atoms with van der Waals surface area (Å²) < 4.78 is 37.7. The van der Waals surface area contributed by atoms with Crippen LogP contribution in [0.15, 0.2) is 77.7 Å². The number of carbonyl (C=O) groups excluding carboxylic acids is 1. The van der Waals surface area contributed by atoms with Crippen LogP contribution < -0.4 is 8.92 Å². The van der Waals surface area contributed by atoms with Gasteiger partial charge in [0.25, 0.3) is 0 Å². The van der Waals surface area contributed by atoms with Crippen molar-refractivity contribution < 1.29 is 26.9 Å². The van der Waals surface area contributed by atoms with Crippen LogP contribution in [-0.2, 0) is 26.1 Å². The van der Waals surface area contributed by atoms with Gasteiger partial charge in [-0.1, -0.05) is 36.4 Å². The van der Waals surface area contributed by atoms with Gasteiger partial charge in [-0.25, -0.2) is 0 Å². The normalized spacial score (nSPS) is 11.7. The van der Waals surface area contributed by atoms with Gasteiger partial charge >= 0.3 is 16.1 Å². The highest BCUT2D eigenvalue weighted by molar-refractivity contribution is 8.01. The molecule has 186 valence electrons. The molecule has 0 unspecified atom stereocenters. The third-order valence-electron chi connectivity index (χ3n) is 5.01. The molecule has 35 heavy (non-hydrogen) atoms. The van der Waals surface area contributed by atoms with Crippen molar-refractivity contribution in [3.8, 4) is 22.6 Å². The molecule has 0 aliphatic carbocycles. The third kappa shape index (κ3) is 8.33. The average Bonchev–Trinajstić information content (AvgIpc) is 2.80. The van der Waals surface area contributed by atoms with Gasteiger partial charge in [0, 0.05) is 11.3 Å². The van der Waals surface area contributed by atoms with Crippen LogP contribution in [0.4, 0.5) is 0 Å². The molecular weight excluding hydrogens is 484 g/mol. The summed E-state index contributed by atoms with van der Waals surface area (Å²) in [7, 11) is -3.53. The lowest BCUT2D eigenvalue weighted by Crippen LogP contribution is -2.29. The SMILES string of the molecule is CCOC(=O)C(C)(C)Sc1ccc(OCCc2ccc(-c3ccc(OS(C)(=O)=O)cc3)cc2)cc1. The maximum atomic E-state index is 12.1. The number of ether oxygens (including phenoxy) is 2. The van der Waals surface area contributed by atoms with Crippen LogP contribution in [0.1, 0.15) is 26.3 Å². The van der Waals surface area contributed by atoms with E-state index in [0.29, 0.717) is 19.0 Å². The molecule has 0 atom stereocenters.